The zero-order chi connectivity index (χ0) is 24.2. The van der Waals surface area contributed by atoms with Gasteiger partial charge in [-0.3, -0.25) is 14.3 Å². The van der Waals surface area contributed by atoms with Crippen molar-refractivity contribution in [2.75, 3.05) is 13.1 Å². The van der Waals surface area contributed by atoms with E-state index in [9.17, 15) is 18.4 Å². The van der Waals surface area contributed by atoms with Gasteiger partial charge in [0.1, 0.15) is 16.5 Å². The fourth-order valence-corrected chi connectivity index (χ4v) is 4.73. The summed E-state index contributed by atoms with van der Waals surface area (Å²) in [5.41, 5.74) is 2.47. The SMILES string of the molecule is CCN(CC(=O)NCc1ccc(F)cc1)C(=O)c1cc2c(C)nn(Cc3ccc(F)cc3)c2s1. The van der Waals surface area contributed by atoms with E-state index < -0.39 is 0 Å². The Bertz CT molecular complexity index is 1310. The van der Waals surface area contributed by atoms with E-state index >= 15 is 0 Å². The average molecular weight is 483 g/mol. The highest BCUT2D eigenvalue weighted by molar-refractivity contribution is 7.20. The van der Waals surface area contributed by atoms with Crippen LogP contribution in [-0.2, 0) is 17.9 Å². The molecule has 176 valence electrons. The molecule has 0 unspecified atom stereocenters. The number of halogens is 2. The standard InChI is InChI=1S/C25H24F2N4O2S/c1-3-30(15-23(32)28-13-17-4-8-19(26)9-5-17)24(33)22-12-21-16(2)29-31(25(21)34-22)14-18-6-10-20(27)11-7-18/h4-12H,3,13-15H2,1-2H3,(H,28,32). The molecule has 4 rings (SSSR count). The molecule has 9 heteroatoms. The van der Waals surface area contributed by atoms with Crippen LogP contribution in [0.4, 0.5) is 8.78 Å². The van der Waals surface area contributed by atoms with E-state index in [4.69, 9.17) is 0 Å². The minimum absolute atomic E-state index is 0.0779. The van der Waals surface area contributed by atoms with Gasteiger partial charge in [-0.05, 0) is 55.3 Å². The quantitative estimate of drug-likeness (QED) is 0.402. The van der Waals surface area contributed by atoms with Gasteiger partial charge >= 0.3 is 0 Å². The van der Waals surface area contributed by atoms with Crippen LogP contribution in [0.3, 0.4) is 0 Å². The van der Waals surface area contributed by atoms with Gasteiger partial charge in [0.05, 0.1) is 23.7 Å². The maximum Gasteiger partial charge on any atom is 0.264 e. The maximum absolute atomic E-state index is 13.2. The number of likely N-dealkylation sites (N-methyl/N-ethyl adjacent to an activating group) is 1. The number of aryl methyl sites for hydroxylation is 1. The Kier molecular flexibility index (Phi) is 7.02. The van der Waals surface area contributed by atoms with Crippen LogP contribution in [0.1, 0.15) is 33.4 Å². The molecule has 34 heavy (non-hydrogen) atoms. The first kappa shape index (κ1) is 23.6. The number of nitrogens with one attached hydrogen (secondary N) is 1. The topological polar surface area (TPSA) is 67.2 Å². The number of thiophene rings is 1. The van der Waals surface area contributed by atoms with Gasteiger partial charge in [-0.25, -0.2) is 8.78 Å². The summed E-state index contributed by atoms with van der Waals surface area (Å²) in [4.78, 5) is 28.4. The number of fused-ring (bicyclic) bond motifs is 1. The molecule has 0 atom stereocenters. The molecular weight excluding hydrogens is 458 g/mol. The first-order valence-electron chi connectivity index (χ1n) is 10.9. The molecule has 0 saturated carbocycles. The number of rotatable bonds is 8. The third kappa shape index (κ3) is 5.31. The zero-order valence-electron chi connectivity index (χ0n) is 18.8. The molecule has 0 aliphatic carbocycles. The van der Waals surface area contributed by atoms with Gasteiger partial charge in [-0.1, -0.05) is 24.3 Å². The third-order valence-corrected chi connectivity index (χ3v) is 6.61. The number of nitrogens with zero attached hydrogens (tertiary/aromatic N) is 3. The fraction of sp³-hybridized carbons (Fsp3) is 0.240. The van der Waals surface area contributed by atoms with Crippen LogP contribution in [0.5, 0.6) is 0 Å². The van der Waals surface area contributed by atoms with Gasteiger partial charge in [0.2, 0.25) is 5.91 Å². The Labute approximate surface area is 199 Å². The summed E-state index contributed by atoms with van der Waals surface area (Å²) < 4.78 is 28.1. The Morgan fingerprint density at radius 1 is 1.03 bits per heavy atom. The smallest absolute Gasteiger partial charge is 0.264 e. The van der Waals surface area contributed by atoms with Gasteiger partial charge in [0, 0.05) is 18.5 Å². The van der Waals surface area contributed by atoms with Crippen LogP contribution < -0.4 is 5.32 Å². The minimum atomic E-state index is -0.336. The summed E-state index contributed by atoms with van der Waals surface area (Å²) in [5.74, 6) is -1.15. The van der Waals surface area contributed by atoms with E-state index in [0.717, 1.165) is 27.0 Å². The van der Waals surface area contributed by atoms with Gasteiger partial charge in [0.15, 0.2) is 0 Å². The van der Waals surface area contributed by atoms with Crippen molar-refractivity contribution < 1.29 is 18.4 Å². The molecule has 2 aromatic heterocycles. The number of carbonyl (C=O) groups is 2. The Morgan fingerprint density at radius 2 is 1.65 bits per heavy atom. The van der Waals surface area contributed by atoms with E-state index in [1.807, 2.05) is 24.6 Å². The number of aromatic nitrogens is 2. The van der Waals surface area contributed by atoms with Crippen LogP contribution in [0.2, 0.25) is 0 Å². The summed E-state index contributed by atoms with van der Waals surface area (Å²) in [6, 6.07) is 13.9. The lowest BCUT2D eigenvalue weighted by Crippen LogP contribution is -2.40. The first-order chi connectivity index (χ1) is 16.3. The summed E-state index contributed by atoms with van der Waals surface area (Å²) in [6.45, 7) is 4.71. The maximum atomic E-state index is 13.2. The molecule has 2 amide bonds. The number of benzene rings is 2. The largest absolute Gasteiger partial charge is 0.350 e. The van der Waals surface area contributed by atoms with Crippen molar-refractivity contribution in [3.8, 4) is 0 Å². The summed E-state index contributed by atoms with van der Waals surface area (Å²) in [7, 11) is 0. The lowest BCUT2D eigenvalue weighted by molar-refractivity contribution is -0.121. The zero-order valence-corrected chi connectivity index (χ0v) is 19.7. The monoisotopic (exact) mass is 482 g/mol. The van der Waals surface area contributed by atoms with Crippen molar-refractivity contribution in [3.05, 3.63) is 87.9 Å². The lowest BCUT2D eigenvalue weighted by atomic mass is 10.2. The molecule has 0 spiro atoms. The summed E-state index contributed by atoms with van der Waals surface area (Å²) in [6.07, 6.45) is 0. The van der Waals surface area contributed by atoms with E-state index in [1.165, 1.54) is 40.5 Å². The highest BCUT2D eigenvalue weighted by Crippen LogP contribution is 2.29. The number of hydrogen-bond donors (Lipinski definition) is 1. The van der Waals surface area contributed by atoms with E-state index in [-0.39, 0.29) is 36.5 Å². The van der Waals surface area contributed by atoms with E-state index in [0.29, 0.717) is 18.0 Å². The average Bonchev–Trinajstić information content (AvgIpc) is 3.39. The predicted molar refractivity (Wildman–Crippen MR) is 128 cm³/mol. The fourth-order valence-electron chi connectivity index (χ4n) is 3.60. The van der Waals surface area contributed by atoms with Crippen LogP contribution in [-0.4, -0.2) is 39.6 Å². The normalized spacial score (nSPS) is 11.1. The Morgan fingerprint density at radius 3 is 2.26 bits per heavy atom. The molecule has 2 heterocycles. The first-order valence-corrected chi connectivity index (χ1v) is 11.7. The highest BCUT2D eigenvalue weighted by Gasteiger charge is 2.22. The van der Waals surface area contributed by atoms with Crippen molar-refractivity contribution >= 4 is 33.4 Å². The van der Waals surface area contributed by atoms with Crippen molar-refractivity contribution in [3.63, 3.8) is 0 Å². The van der Waals surface area contributed by atoms with Crippen LogP contribution >= 0.6 is 11.3 Å². The second kappa shape index (κ2) is 10.1. The van der Waals surface area contributed by atoms with Gasteiger partial charge in [0.25, 0.3) is 5.91 Å². The molecule has 0 aliphatic rings. The highest BCUT2D eigenvalue weighted by atomic mass is 32.1. The molecule has 4 aromatic rings. The van der Waals surface area contributed by atoms with Gasteiger partial charge < -0.3 is 10.2 Å². The van der Waals surface area contributed by atoms with Crippen LogP contribution in [0.25, 0.3) is 10.2 Å². The Balaban J connectivity index is 1.45. The summed E-state index contributed by atoms with van der Waals surface area (Å²) in [5, 5.41) is 8.21. The number of carbonyl (C=O) groups excluding carboxylic acids is 2. The molecule has 0 radical (unpaired) electrons. The molecule has 0 bridgehead atoms. The molecule has 0 fully saturated rings. The predicted octanol–water partition coefficient (Wildman–Crippen LogP) is 4.51. The lowest BCUT2D eigenvalue weighted by Gasteiger charge is -2.19. The molecule has 2 aromatic carbocycles. The minimum Gasteiger partial charge on any atom is -0.350 e. The molecule has 1 N–H and O–H groups in total. The summed E-state index contributed by atoms with van der Waals surface area (Å²) >= 11 is 1.33. The third-order valence-electron chi connectivity index (χ3n) is 5.47. The van der Waals surface area contributed by atoms with Crippen molar-refractivity contribution in [2.45, 2.75) is 26.9 Å². The number of amides is 2. The van der Waals surface area contributed by atoms with Gasteiger partial charge in [-0.2, -0.15) is 5.10 Å². The van der Waals surface area contributed by atoms with E-state index in [2.05, 4.69) is 10.4 Å². The van der Waals surface area contributed by atoms with Crippen molar-refractivity contribution in [1.82, 2.24) is 20.0 Å². The van der Waals surface area contributed by atoms with Gasteiger partial charge in [-0.15, -0.1) is 11.3 Å². The second-order valence-corrected chi connectivity index (χ2v) is 8.95. The van der Waals surface area contributed by atoms with Crippen molar-refractivity contribution in [2.24, 2.45) is 0 Å². The van der Waals surface area contributed by atoms with Crippen LogP contribution in [0, 0.1) is 18.6 Å². The van der Waals surface area contributed by atoms with Crippen LogP contribution in [0.15, 0.2) is 54.6 Å². The number of hydrogen-bond acceptors (Lipinski definition) is 4. The molecular formula is C25H24F2N4O2S. The molecule has 0 aliphatic heterocycles. The van der Waals surface area contributed by atoms with E-state index in [1.54, 1.807) is 24.3 Å². The molecule has 0 saturated heterocycles. The Hall–Kier alpha value is -3.59. The second-order valence-electron chi connectivity index (χ2n) is 7.92. The molecule has 6 nitrogen and oxygen atoms in total. The van der Waals surface area contributed by atoms with Crippen molar-refractivity contribution in [1.29, 1.82) is 0 Å².